The van der Waals surface area contributed by atoms with Crippen molar-refractivity contribution in [3.8, 4) is 0 Å². The third-order valence-corrected chi connectivity index (χ3v) is 5.98. The quantitative estimate of drug-likeness (QED) is 0.551. The number of carbonyl (C=O) groups excluding carboxylic acids is 1. The van der Waals surface area contributed by atoms with Crippen molar-refractivity contribution in [1.29, 1.82) is 0 Å². The Morgan fingerprint density at radius 2 is 1.23 bits per heavy atom. The highest BCUT2D eigenvalue weighted by Gasteiger charge is 2.34. The molecule has 1 saturated heterocycles. The van der Waals surface area contributed by atoms with Gasteiger partial charge in [0.05, 0.1) is 0 Å². The molecule has 30 heavy (non-hydrogen) atoms. The van der Waals surface area contributed by atoms with E-state index in [1.54, 1.807) is 0 Å². The maximum Gasteiger partial charge on any atom is 0.225 e. The first-order valence-corrected chi connectivity index (χ1v) is 10.8. The van der Waals surface area contributed by atoms with Gasteiger partial charge in [-0.3, -0.25) is 9.69 Å². The van der Waals surface area contributed by atoms with Crippen molar-refractivity contribution in [2.45, 2.75) is 39.0 Å². The van der Waals surface area contributed by atoms with Gasteiger partial charge in [-0.05, 0) is 23.1 Å². The number of benzene rings is 3. The molecule has 0 aliphatic carbocycles. The molecule has 3 heteroatoms. The summed E-state index contributed by atoms with van der Waals surface area (Å²) in [6, 6.07) is 32.0. The zero-order valence-electron chi connectivity index (χ0n) is 17.7. The Bertz CT molecular complexity index is 885. The van der Waals surface area contributed by atoms with Gasteiger partial charge in [0.2, 0.25) is 5.91 Å². The first-order valence-electron chi connectivity index (χ1n) is 10.8. The number of carbonyl (C=O) groups is 1. The lowest BCUT2D eigenvalue weighted by molar-refractivity contribution is -0.141. The third kappa shape index (κ3) is 5.17. The largest absolute Gasteiger partial charge is 0.337 e. The molecule has 3 aromatic rings. The highest BCUT2D eigenvalue weighted by atomic mass is 16.2. The van der Waals surface area contributed by atoms with Gasteiger partial charge in [0, 0.05) is 38.1 Å². The molecule has 1 amide bonds. The SMILES string of the molecule is C[C@@H]1C[C@@H](N(Cc2ccccc2)Cc2ccccc2)CN(Cc2ccccc2)C1=O. The molecule has 0 radical (unpaired) electrons. The number of nitrogens with zero attached hydrogens (tertiary/aromatic N) is 2. The predicted octanol–water partition coefficient (Wildman–Crippen LogP) is 5.13. The van der Waals surface area contributed by atoms with E-state index in [0.717, 1.165) is 26.1 Å². The van der Waals surface area contributed by atoms with E-state index in [9.17, 15) is 4.79 Å². The molecule has 2 atom stereocenters. The Balaban J connectivity index is 1.55. The highest BCUT2D eigenvalue weighted by Crippen LogP contribution is 2.26. The number of piperidine rings is 1. The highest BCUT2D eigenvalue weighted by molar-refractivity contribution is 5.79. The average molecular weight is 399 g/mol. The fourth-order valence-corrected chi connectivity index (χ4v) is 4.40. The fraction of sp³-hybridized carbons (Fsp3) is 0.296. The minimum Gasteiger partial charge on any atom is -0.337 e. The Hall–Kier alpha value is -2.91. The van der Waals surface area contributed by atoms with E-state index >= 15 is 0 Å². The van der Waals surface area contributed by atoms with Crippen molar-refractivity contribution in [2.75, 3.05) is 6.54 Å². The molecule has 154 valence electrons. The molecule has 0 aromatic heterocycles. The number of rotatable bonds is 7. The van der Waals surface area contributed by atoms with E-state index in [0.29, 0.717) is 12.6 Å². The van der Waals surface area contributed by atoms with Gasteiger partial charge < -0.3 is 4.90 Å². The summed E-state index contributed by atoms with van der Waals surface area (Å²) in [7, 11) is 0. The van der Waals surface area contributed by atoms with Crippen LogP contribution in [0.25, 0.3) is 0 Å². The van der Waals surface area contributed by atoms with E-state index in [1.165, 1.54) is 16.7 Å². The minimum atomic E-state index is 0.0431. The molecule has 0 bridgehead atoms. The zero-order chi connectivity index (χ0) is 20.8. The van der Waals surface area contributed by atoms with Crippen LogP contribution in [0.3, 0.4) is 0 Å². The summed E-state index contributed by atoms with van der Waals surface area (Å²) in [5.41, 5.74) is 3.82. The first kappa shape index (κ1) is 20.4. The summed E-state index contributed by atoms with van der Waals surface area (Å²) in [6.45, 7) is 5.32. The lowest BCUT2D eigenvalue weighted by atomic mass is 9.92. The second-order valence-corrected chi connectivity index (χ2v) is 8.37. The van der Waals surface area contributed by atoms with Gasteiger partial charge in [-0.1, -0.05) is 97.9 Å². The van der Waals surface area contributed by atoms with E-state index < -0.39 is 0 Å². The zero-order valence-corrected chi connectivity index (χ0v) is 17.7. The average Bonchev–Trinajstić information content (AvgIpc) is 2.78. The van der Waals surface area contributed by atoms with Gasteiger partial charge in [-0.25, -0.2) is 0 Å². The molecule has 3 nitrogen and oxygen atoms in total. The topological polar surface area (TPSA) is 23.6 Å². The predicted molar refractivity (Wildman–Crippen MR) is 122 cm³/mol. The van der Waals surface area contributed by atoms with Crippen LogP contribution >= 0.6 is 0 Å². The summed E-state index contributed by atoms with van der Waals surface area (Å²) in [5.74, 6) is 0.316. The molecule has 3 aromatic carbocycles. The molecular weight excluding hydrogens is 368 g/mol. The summed E-state index contributed by atoms with van der Waals surface area (Å²) in [4.78, 5) is 17.5. The van der Waals surface area contributed by atoms with E-state index in [2.05, 4.69) is 89.5 Å². The van der Waals surface area contributed by atoms with Crippen LogP contribution in [-0.2, 0) is 24.4 Å². The maximum absolute atomic E-state index is 12.9. The van der Waals surface area contributed by atoms with Crippen molar-refractivity contribution < 1.29 is 4.79 Å². The number of hydrogen-bond donors (Lipinski definition) is 0. The smallest absolute Gasteiger partial charge is 0.225 e. The van der Waals surface area contributed by atoms with Crippen LogP contribution in [-0.4, -0.2) is 28.3 Å². The van der Waals surface area contributed by atoms with Crippen molar-refractivity contribution in [3.05, 3.63) is 108 Å². The van der Waals surface area contributed by atoms with Gasteiger partial charge in [0.1, 0.15) is 0 Å². The van der Waals surface area contributed by atoms with E-state index in [4.69, 9.17) is 0 Å². The summed E-state index contributed by atoms with van der Waals surface area (Å²) in [6.07, 6.45) is 0.907. The molecule has 0 spiro atoms. The number of likely N-dealkylation sites (tertiary alicyclic amines) is 1. The lowest BCUT2D eigenvalue weighted by Gasteiger charge is -2.42. The van der Waals surface area contributed by atoms with Crippen LogP contribution in [0.5, 0.6) is 0 Å². The van der Waals surface area contributed by atoms with Crippen molar-refractivity contribution in [2.24, 2.45) is 5.92 Å². The van der Waals surface area contributed by atoms with Gasteiger partial charge >= 0.3 is 0 Å². The lowest BCUT2D eigenvalue weighted by Crippen LogP contribution is -2.52. The summed E-state index contributed by atoms with van der Waals surface area (Å²) >= 11 is 0. The van der Waals surface area contributed by atoms with Crippen LogP contribution in [0, 0.1) is 5.92 Å². The van der Waals surface area contributed by atoms with Gasteiger partial charge in [0.15, 0.2) is 0 Å². The van der Waals surface area contributed by atoms with Crippen molar-refractivity contribution >= 4 is 5.91 Å². The second kappa shape index (κ2) is 9.73. The minimum absolute atomic E-state index is 0.0431. The first-order chi connectivity index (χ1) is 14.7. The van der Waals surface area contributed by atoms with Crippen LogP contribution < -0.4 is 0 Å². The molecule has 0 saturated carbocycles. The third-order valence-electron chi connectivity index (χ3n) is 5.98. The van der Waals surface area contributed by atoms with Gasteiger partial charge in [0.25, 0.3) is 0 Å². The van der Waals surface area contributed by atoms with E-state index in [-0.39, 0.29) is 11.8 Å². The number of hydrogen-bond acceptors (Lipinski definition) is 2. The standard InChI is InChI=1S/C27H30N2O/c1-22-17-26(21-29(27(22)30)20-25-15-9-4-10-16-25)28(18-23-11-5-2-6-12-23)19-24-13-7-3-8-14-24/h2-16,22,26H,17-21H2,1H3/t22-,26-/m1/s1. The fourth-order valence-electron chi connectivity index (χ4n) is 4.40. The van der Waals surface area contributed by atoms with Crippen LogP contribution in [0.1, 0.15) is 30.0 Å². The Kier molecular flexibility index (Phi) is 6.60. The van der Waals surface area contributed by atoms with Crippen LogP contribution in [0.15, 0.2) is 91.0 Å². The van der Waals surface area contributed by atoms with Crippen molar-refractivity contribution in [3.63, 3.8) is 0 Å². The van der Waals surface area contributed by atoms with Gasteiger partial charge in [-0.2, -0.15) is 0 Å². The van der Waals surface area contributed by atoms with Crippen LogP contribution in [0.2, 0.25) is 0 Å². The Morgan fingerprint density at radius 1 is 0.767 bits per heavy atom. The molecule has 1 aliphatic rings. The normalized spacial score (nSPS) is 19.3. The Morgan fingerprint density at radius 3 is 1.73 bits per heavy atom. The summed E-state index contributed by atoms with van der Waals surface area (Å²) < 4.78 is 0. The Labute approximate surface area is 180 Å². The molecule has 4 rings (SSSR count). The second-order valence-electron chi connectivity index (χ2n) is 8.37. The molecule has 1 fully saturated rings. The van der Waals surface area contributed by atoms with E-state index in [1.807, 2.05) is 18.2 Å². The number of amides is 1. The molecular formula is C27H30N2O. The molecule has 1 heterocycles. The maximum atomic E-state index is 12.9. The molecule has 0 unspecified atom stereocenters. The molecule has 0 N–H and O–H groups in total. The summed E-state index contributed by atoms with van der Waals surface area (Å²) in [5, 5.41) is 0. The van der Waals surface area contributed by atoms with Gasteiger partial charge in [-0.15, -0.1) is 0 Å². The van der Waals surface area contributed by atoms with Crippen LogP contribution in [0.4, 0.5) is 0 Å². The van der Waals surface area contributed by atoms with Crippen molar-refractivity contribution in [1.82, 2.24) is 9.80 Å². The monoisotopic (exact) mass is 398 g/mol. The molecule has 1 aliphatic heterocycles.